The Kier molecular flexibility index (Phi) is 3.80. The second-order valence-corrected chi connectivity index (χ2v) is 6.58. The maximum Gasteiger partial charge on any atom is 0.258 e. The molecule has 0 bridgehead atoms. The Labute approximate surface area is 138 Å². The average molecular weight is 327 g/mol. The molecule has 1 aliphatic heterocycles. The molecular formula is C16H17N5OS. The molecule has 2 N–H and O–H groups in total. The van der Waals surface area contributed by atoms with Crippen molar-refractivity contribution in [3.63, 3.8) is 0 Å². The molecule has 0 aromatic carbocycles. The van der Waals surface area contributed by atoms with Gasteiger partial charge in [0.15, 0.2) is 0 Å². The predicted molar refractivity (Wildman–Crippen MR) is 90.3 cm³/mol. The minimum Gasteiger partial charge on any atom is -0.356 e. The maximum absolute atomic E-state index is 5.97. The number of hydrogen-bond acceptors (Lipinski definition) is 7. The topological polar surface area (TPSA) is 81.1 Å². The highest BCUT2D eigenvalue weighted by Gasteiger charge is 2.18. The van der Waals surface area contributed by atoms with Crippen LogP contribution in [0.2, 0.25) is 0 Å². The number of nitrogens with zero attached hydrogens (tertiary/aromatic N) is 4. The molecule has 6 nitrogen and oxygen atoms in total. The normalized spacial score (nSPS) is 16.0. The third-order valence-electron chi connectivity index (χ3n) is 4.02. The number of nitrogens with two attached hydrogens (primary N) is 1. The molecule has 0 amide bonds. The lowest BCUT2D eigenvalue weighted by Gasteiger charge is -2.31. The Morgan fingerprint density at radius 1 is 1.26 bits per heavy atom. The van der Waals surface area contributed by atoms with E-state index in [9.17, 15) is 0 Å². The van der Waals surface area contributed by atoms with E-state index in [4.69, 9.17) is 10.3 Å². The average Bonchev–Trinajstić information content (AvgIpc) is 3.27. The molecule has 3 aromatic heterocycles. The Bertz CT molecular complexity index is 777. The van der Waals surface area contributed by atoms with Crippen molar-refractivity contribution in [3.05, 3.63) is 35.8 Å². The lowest BCUT2D eigenvalue weighted by Crippen LogP contribution is -2.40. The first-order valence-electron chi connectivity index (χ1n) is 7.64. The van der Waals surface area contributed by atoms with Gasteiger partial charge in [0.2, 0.25) is 5.82 Å². The van der Waals surface area contributed by atoms with Crippen molar-refractivity contribution in [3.8, 4) is 22.2 Å². The van der Waals surface area contributed by atoms with Crippen molar-refractivity contribution in [2.45, 2.75) is 18.9 Å². The van der Waals surface area contributed by atoms with Crippen molar-refractivity contribution < 1.29 is 4.52 Å². The summed E-state index contributed by atoms with van der Waals surface area (Å²) in [4.78, 5) is 12.2. The van der Waals surface area contributed by atoms with Gasteiger partial charge in [0.1, 0.15) is 5.82 Å². The first kappa shape index (κ1) is 14.3. The third-order valence-corrected chi connectivity index (χ3v) is 4.89. The quantitative estimate of drug-likeness (QED) is 0.796. The van der Waals surface area contributed by atoms with Gasteiger partial charge < -0.3 is 15.2 Å². The lowest BCUT2D eigenvalue weighted by molar-refractivity contribution is 0.432. The van der Waals surface area contributed by atoms with Crippen molar-refractivity contribution in [1.29, 1.82) is 0 Å². The fraction of sp³-hybridized carbons (Fsp3) is 0.312. The number of aromatic nitrogens is 3. The highest BCUT2D eigenvalue weighted by molar-refractivity contribution is 7.13. The SMILES string of the molecule is NC1CCN(c2cc(-c3nc(-c4cccs4)no3)ccn2)CC1. The van der Waals surface area contributed by atoms with Gasteiger partial charge in [0.25, 0.3) is 5.89 Å². The molecule has 118 valence electrons. The van der Waals surface area contributed by atoms with E-state index in [1.165, 1.54) is 0 Å². The van der Waals surface area contributed by atoms with Crippen molar-refractivity contribution >= 4 is 17.2 Å². The summed E-state index contributed by atoms with van der Waals surface area (Å²) in [6.45, 7) is 1.86. The summed E-state index contributed by atoms with van der Waals surface area (Å²) in [7, 11) is 0. The molecule has 4 rings (SSSR count). The lowest BCUT2D eigenvalue weighted by atomic mass is 10.1. The van der Waals surface area contributed by atoms with Crippen LogP contribution in [0.3, 0.4) is 0 Å². The van der Waals surface area contributed by atoms with Crippen molar-refractivity contribution in [2.24, 2.45) is 5.73 Å². The molecule has 1 saturated heterocycles. The van der Waals surface area contributed by atoms with Gasteiger partial charge in [-0.05, 0) is 36.4 Å². The zero-order valence-corrected chi connectivity index (χ0v) is 13.4. The molecule has 4 heterocycles. The summed E-state index contributed by atoms with van der Waals surface area (Å²) in [5.74, 6) is 2.08. The van der Waals surface area contributed by atoms with Crippen LogP contribution in [0.15, 0.2) is 40.4 Å². The fourth-order valence-electron chi connectivity index (χ4n) is 2.70. The van der Waals surface area contributed by atoms with Crippen LogP contribution >= 0.6 is 11.3 Å². The number of rotatable bonds is 3. The monoisotopic (exact) mass is 327 g/mol. The zero-order valence-electron chi connectivity index (χ0n) is 12.6. The molecule has 0 saturated carbocycles. The number of thiophene rings is 1. The highest BCUT2D eigenvalue weighted by atomic mass is 32.1. The van der Waals surface area contributed by atoms with E-state index in [0.717, 1.165) is 42.2 Å². The van der Waals surface area contributed by atoms with Crippen LogP contribution in [0.4, 0.5) is 5.82 Å². The second kappa shape index (κ2) is 6.10. The van der Waals surface area contributed by atoms with Gasteiger partial charge in [-0.15, -0.1) is 11.3 Å². The standard InChI is InChI=1S/C16H17N5OS/c17-12-4-7-21(8-5-12)14-10-11(3-6-18-14)16-19-15(20-22-16)13-2-1-9-23-13/h1-3,6,9-10,12H,4-5,7-8,17H2. The molecule has 0 spiro atoms. The fourth-order valence-corrected chi connectivity index (χ4v) is 3.35. The summed E-state index contributed by atoms with van der Waals surface area (Å²) in [5, 5.41) is 6.06. The molecule has 0 unspecified atom stereocenters. The molecule has 0 aliphatic carbocycles. The number of pyridine rings is 1. The van der Waals surface area contributed by atoms with Gasteiger partial charge in [-0.3, -0.25) is 0 Å². The van der Waals surface area contributed by atoms with Crippen molar-refractivity contribution in [2.75, 3.05) is 18.0 Å². The van der Waals surface area contributed by atoms with Crippen LogP contribution in [-0.2, 0) is 0 Å². The molecule has 1 fully saturated rings. The van der Waals surface area contributed by atoms with E-state index in [0.29, 0.717) is 17.8 Å². The van der Waals surface area contributed by atoms with Crippen LogP contribution < -0.4 is 10.6 Å². The highest BCUT2D eigenvalue weighted by Crippen LogP contribution is 2.27. The second-order valence-electron chi connectivity index (χ2n) is 5.63. The molecule has 0 atom stereocenters. The zero-order chi connectivity index (χ0) is 15.6. The maximum atomic E-state index is 5.97. The van der Waals surface area contributed by atoms with E-state index in [2.05, 4.69) is 20.0 Å². The Morgan fingerprint density at radius 2 is 2.13 bits per heavy atom. The van der Waals surface area contributed by atoms with E-state index in [1.807, 2.05) is 29.6 Å². The Hall–Kier alpha value is -2.25. The minimum atomic E-state index is 0.304. The number of hydrogen-bond donors (Lipinski definition) is 1. The van der Waals surface area contributed by atoms with E-state index in [1.54, 1.807) is 17.5 Å². The van der Waals surface area contributed by atoms with Crippen LogP contribution in [-0.4, -0.2) is 34.3 Å². The molecule has 23 heavy (non-hydrogen) atoms. The van der Waals surface area contributed by atoms with Gasteiger partial charge >= 0.3 is 0 Å². The smallest absolute Gasteiger partial charge is 0.258 e. The first-order valence-corrected chi connectivity index (χ1v) is 8.52. The van der Waals surface area contributed by atoms with E-state index < -0.39 is 0 Å². The largest absolute Gasteiger partial charge is 0.356 e. The van der Waals surface area contributed by atoms with Gasteiger partial charge in [-0.25, -0.2) is 4.98 Å². The first-order chi connectivity index (χ1) is 11.3. The van der Waals surface area contributed by atoms with Gasteiger partial charge in [0.05, 0.1) is 4.88 Å². The molecule has 1 aliphatic rings. The summed E-state index contributed by atoms with van der Waals surface area (Å²) in [6, 6.07) is 8.15. The van der Waals surface area contributed by atoms with Gasteiger partial charge in [-0.2, -0.15) is 4.98 Å². The number of anilines is 1. The Balaban J connectivity index is 1.59. The number of piperidine rings is 1. The Morgan fingerprint density at radius 3 is 2.91 bits per heavy atom. The van der Waals surface area contributed by atoms with Crippen LogP contribution in [0.25, 0.3) is 22.2 Å². The summed E-state index contributed by atoms with van der Waals surface area (Å²) in [6.07, 6.45) is 3.78. The van der Waals surface area contributed by atoms with Crippen LogP contribution in [0.1, 0.15) is 12.8 Å². The van der Waals surface area contributed by atoms with Gasteiger partial charge in [-0.1, -0.05) is 11.2 Å². The van der Waals surface area contributed by atoms with Crippen LogP contribution in [0, 0.1) is 0 Å². The van der Waals surface area contributed by atoms with E-state index >= 15 is 0 Å². The molecule has 3 aromatic rings. The van der Waals surface area contributed by atoms with Crippen molar-refractivity contribution in [1.82, 2.24) is 15.1 Å². The van der Waals surface area contributed by atoms with E-state index in [-0.39, 0.29) is 0 Å². The van der Waals surface area contributed by atoms with Gasteiger partial charge in [0, 0.05) is 30.9 Å². The molecule has 0 radical (unpaired) electrons. The predicted octanol–water partition coefficient (Wildman–Crippen LogP) is 2.79. The molecule has 7 heteroatoms. The third kappa shape index (κ3) is 2.97. The summed E-state index contributed by atoms with van der Waals surface area (Å²) < 4.78 is 5.41. The minimum absolute atomic E-state index is 0.304. The van der Waals surface area contributed by atoms with Crippen LogP contribution in [0.5, 0.6) is 0 Å². The molecular weight excluding hydrogens is 310 g/mol. The summed E-state index contributed by atoms with van der Waals surface area (Å²) in [5.41, 5.74) is 6.85. The summed E-state index contributed by atoms with van der Waals surface area (Å²) >= 11 is 1.59.